The minimum atomic E-state index is 0.0845. The van der Waals surface area contributed by atoms with Gasteiger partial charge in [-0.1, -0.05) is 48.0 Å². The van der Waals surface area contributed by atoms with Gasteiger partial charge >= 0.3 is 0 Å². The number of fused-ring (bicyclic) bond motifs is 1. The molecule has 0 aliphatic carbocycles. The Hall–Kier alpha value is -3.42. The maximum absolute atomic E-state index is 12.6. The summed E-state index contributed by atoms with van der Waals surface area (Å²) in [5.74, 6) is 0.0845. The van der Waals surface area contributed by atoms with Crippen molar-refractivity contribution in [2.24, 2.45) is 0 Å². The number of carbonyl (C=O) groups is 1. The molecule has 1 fully saturated rings. The highest BCUT2D eigenvalue weighted by atomic mass is 35.5. The quantitative estimate of drug-likeness (QED) is 0.292. The van der Waals surface area contributed by atoms with Gasteiger partial charge in [0.25, 0.3) is 0 Å². The number of nitrogens with zero attached hydrogens (tertiary/aromatic N) is 5. The summed E-state index contributed by atoms with van der Waals surface area (Å²) >= 11 is 6.15. The Kier molecular flexibility index (Phi) is 8.48. The Balaban J connectivity index is 1.09. The van der Waals surface area contributed by atoms with Crippen LogP contribution in [0.25, 0.3) is 16.8 Å². The average Bonchev–Trinajstić information content (AvgIpc) is 3.27. The number of piperazine rings is 1. The van der Waals surface area contributed by atoms with E-state index in [1.807, 2.05) is 54.8 Å². The van der Waals surface area contributed by atoms with Crippen LogP contribution in [-0.4, -0.2) is 64.7 Å². The van der Waals surface area contributed by atoms with Crippen molar-refractivity contribution in [3.8, 4) is 11.1 Å². The first-order valence-electron chi connectivity index (χ1n) is 13.8. The molecule has 0 atom stereocenters. The minimum absolute atomic E-state index is 0.0845. The molecule has 5 rings (SSSR count). The standard InChI is InChI=1S/C31H37ClN6O/c1-22-28(24(3)38-31(34-22)30(23(2)35-38)25-9-5-4-6-10-25)13-14-29(39)33-15-8-16-36-17-19-37(20-18-36)27-12-7-11-26(32)21-27/h4-7,9-12,21H,8,13-20H2,1-3H3,(H,33,39). The van der Waals surface area contributed by atoms with Crippen LogP contribution < -0.4 is 10.2 Å². The lowest BCUT2D eigenvalue weighted by Gasteiger charge is -2.36. The molecule has 1 aliphatic rings. The molecule has 0 saturated carbocycles. The van der Waals surface area contributed by atoms with Gasteiger partial charge in [0.05, 0.1) is 5.69 Å². The van der Waals surface area contributed by atoms with E-state index >= 15 is 0 Å². The van der Waals surface area contributed by atoms with Gasteiger partial charge in [0.2, 0.25) is 5.91 Å². The van der Waals surface area contributed by atoms with Crippen LogP contribution in [0.2, 0.25) is 5.02 Å². The molecule has 0 bridgehead atoms. The zero-order chi connectivity index (χ0) is 27.4. The van der Waals surface area contributed by atoms with Crippen molar-refractivity contribution >= 4 is 28.8 Å². The molecular formula is C31H37ClN6O. The van der Waals surface area contributed by atoms with Gasteiger partial charge < -0.3 is 10.2 Å². The van der Waals surface area contributed by atoms with Crippen molar-refractivity contribution in [2.45, 2.75) is 40.0 Å². The number of aromatic nitrogens is 3. The summed E-state index contributed by atoms with van der Waals surface area (Å²) < 4.78 is 1.93. The highest BCUT2D eigenvalue weighted by molar-refractivity contribution is 6.30. The molecule has 2 aromatic carbocycles. The fourth-order valence-corrected chi connectivity index (χ4v) is 5.72. The molecule has 7 nitrogen and oxygen atoms in total. The van der Waals surface area contributed by atoms with Crippen LogP contribution in [0, 0.1) is 20.8 Å². The van der Waals surface area contributed by atoms with E-state index in [4.69, 9.17) is 21.7 Å². The molecule has 39 heavy (non-hydrogen) atoms. The second-order valence-corrected chi connectivity index (χ2v) is 10.8. The van der Waals surface area contributed by atoms with E-state index in [-0.39, 0.29) is 5.91 Å². The van der Waals surface area contributed by atoms with E-state index in [2.05, 4.69) is 40.2 Å². The molecule has 1 saturated heterocycles. The number of hydrogen-bond donors (Lipinski definition) is 1. The molecule has 0 unspecified atom stereocenters. The highest BCUT2D eigenvalue weighted by Crippen LogP contribution is 2.29. The monoisotopic (exact) mass is 544 g/mol. The number of nitrogens with one attached hydrogen (secondary N) is 1. The summed E-state index contributed by atoms with van der Waals surface area (Å²) in [6.07, 6.45) is 2.04. The first-order chi connectivity index (χ1) is 18.9. The van der Waals surface area contributed by atoms with Crippen molar-refractivity contribution in [1.29, 1.82) is 0 Å². The summed E-state index contributed by atoms with van der Waals surface area (Å²) in [5.41, 5.74) is 8.30. The van der Waals surface area contributed by atoms with Crippen molar-refractivity contribution in [1.82, 2.24) is 24.8 Å². The number of rotatable bonds is 9. The second-order valence-electron chi connectivity index (χ2n) is 10.3. The van der Waals surface area contributed by atoms with E-state index in [1.54, 1.807) is 0 Å². The lowest BCUT2D eigenvalue weighted by molar-refractivity contribution is -0.121. The fraction of sp³-hybridized carbons (Fsp3) is 0.387. The summed E-state index contributed by atoms with van der Waals surface area (Å²) in [7, 11) is 0. The van der Waals surface area contributed by atoms with Crippen molar-refractivity contribution in [2.75, 3.05) is 44.2 Å². The predicted molar refractivity (Wildman–Crippen MR) is 159 cm³/mol. The number of carbonyl (C=O) groups excluding carboxylic acids is 1. The number of amides is 1. The van der Waals surface area contributed by atoms with Gasteiger partial charge in [-0.25, -0.2) is 9.50 Å². The largest absolute Gasteiger partial charge is 0.369 e. The van der Waals surface area contributed by atoms with Crippen molar-refractivity contribution < 1.29 is 4.79 Å². The van der Waals surface area contributed by atoms with Gasteiger partial charge in [0.15, 0.2) is 5.65 Å². The first kappa shape index (κ1) is 27.2. The molecule has 1 aliphatic heterocycles. The Bertz CT molecular complexity index is 1440. The zero-order valence-corrected chi connectivity index (χ0v) is 23.8. The number of benzene rings is 2. The molecule has 2 aromatic heterocycles. The summed E-state index contributed by atoms with van der Waals surface area (Å²) in [6.45, 7) is 11.8. The van der Waals surface area contributed by atoms with Crippen LogP contribution in [0.3, 0.4) is 0 Å². The SMILES string of the molecule is Cc1nc2c(-c3ccccc3)c(C)nn2c(C)c1CCC(=O)NCCCN1CCN(c2cccc(Cl)c2)CC1. The third kappa shape index (κ3) is 6.26. The molecule has 0 radical (unpaired) electrons. The summed E-state index contributed by atoms with van der Waals surface area (Å²) in [5, 5.41) is 8.68. The van der Waals surface area contributed by atoms with E-state index in [0.29, 0.717) is 19.4 Å². The molecule has 0 spiro atoms. The van der Waals surface area contributed by atoms with Crippen LogP contribution in [-0.2, 0) is 11.2 Å². The number of aryl methyl sites for hydroxylation is 3. The van der Waals surface area contributed by atoms with Crippen LogP contribution in [0.5, 0.6) is 0 Å². The smallest absolute Gasteiger partial charge is 0.220 e. The van der Waals surface area contributed by atoms with Gasteiger partial charge in [-0.2, -0.15) is 5.10 Å². The van der Waals surface area contributed by atoms with Gasteiger partial charge in [-0.15, -0.1) is 0 Å². The normalized spacial score (nSPS) is 14.2. The number of halogens is 1. The molecule has 204 valence electrons. The molecule has 1 N–H and O–H groups in total. The number of hydrogen-bond acceptors (Lipinski definition) is 5. The van der Waals surface area contributed by atoms with E-state index in [0.717, 1.165) is 83.6 Å². The van der Waals surface area contributed by atoms with Crippen molar-refractivity contribution in [3.63, 3.8) is 0 Å². The lowest BCUT2D eigenvalue weighted by Crippen LogP contribution is -2.47. The van der Waals surface area contributed by atoms with Crippen LogP contribution in [0.15, 0.2) is 54.6 Å². The van der Waals surface area contributed by atoms with Crippen molar-refractivity contribution in [3.05, 3.63) is 82.3 Å². The summed E-state index contributed by atoms with van der Waals surface area (Å²) in [4.78, 5) is 22.4. The Morgan fingerprint density at radius 2 is 1.74 bits per heavy atom. The van der Waals surface area contributed by atoms with E-state index in [1.165, 1.54) is 5.69 Å². The van der Waals surface area contributed by atoms with Gasteiger partial charge in [0, 0.05) is 66.8 Å². The third-order valence-electron chi connectivity index (χ3n) is 7.68. The summed E-state index contributed by atoms with van der Waals surface area (Å²) in [6, 6.07) is 18.3. The molecule has 1 amide bonds. The average molecular weight is 545 g/mol. The van der Waals surface area contributed by atoms with Gasteiger partial charge in [-0.05, 0) is 69.5 Å². The van der Waals surface area contributed by atoms with Gasteiger partial charge in [-0.3, -0.25) is 9.69 Å². The topological polar surface area (TPSA) is 65.8 Å². The van der Waals surface area contributed by atoms with Gasteiger partial charge in [0.1, 0.15) is 0 Å². The molecule has 8 heteroatoms. The lowest BCUT2D eigenvalue weighted by atomic mass is 10.0. The van der Waals surface area contributed by atoms with E-state index in [9.17, 15) is 4.79 Å². The fourth-order valence-electron chi connectivity index (χ4n) is 5.53. The molecule has 4 aromatic rings. The zero-order valence-electron chi connectivity index (χ0n) is 23.1. The predicted octanol–water partition coefficient (Wildman–Crippen LogP) is 5.24. The Labute approximate surface area is 235 Å². The van der Waals surface area contributed by atoms with E-state index < -0.39 is 0 Å². The minimum Gasteiger partial charge on any atom is -0.369 e. The molecule has 3 heterocycles. The maximum atomic E-state index is 12.6. The second kappa shape index (κ2) is 12.2. The third-order valence-corrected chi connectivity index (χ3v) is 7.92. The Morgan fingerprint density at radius 1 is 0.974 bits per heavy atom. The maximum Gasteiger partial charge on any atom is 0.220 e. The molecular weight excluding hydrogens is 508 g/mol. The van der Waals surface area contributed by atoms with Crippen LogP contribution >= 0.6 is 11.6 Å². The number of anilines is 1. The first-order valence-corrected chi connectivity index (χ1v) is 14.2. The Morgan fingerprint density at radius 3 is 2.49 bits per heavy atom. The highest BCUT2D eigenvalue weighted by Gasteiger charge is 2.19. The van der Waals surface area contributed by atoms with Crippen LogP contribution in [0.4, 0.5) is 5.69 Å². The van der Waals surface area contributed by atoms with Crippen LogP contribution in [0.1, 0.15) is 35.5 Å².